The first-order chi connectivity index (χ1) is 9.00. The highest BCUT2D eigenvalue weighted by Crippen LogP contribution is 2.39. The van der Waals surface area contributed by atoms with Crippen molar-refractivity contribution >= 4 is 16.6 Å². The molecule has 2 nitrogen and oxygen atoms in total. The number of hydrogen-bond donors (Lipinski definition) is 1. The van der Waals surface area contributed by atoms with Crippen molar-refractivity contribution in [2.75, 3.05) is 0 Å². The zero-order valence-electron chi connectivity index (χ0n) is 10.4. The maximum atomic E-state index is 13.8. The quantitative estimate of drug-likeness (QED) is 0.851. The van der Waals surface area contributed by atoms with E-state index >= 15 is 0 Å². The minimum atomic E-state index is -1.22. The first-order valence-electron chi connectivity index (χ1n) is 6.13. The summed E-state index contributed by atoms with van der Waals surface area (Å²) in [5.74, 6) is -1.14. The predicted molar refractivity (Wildman–Crippen MR) is 71.4 cm³/mol. The summed E-state index contributed by atoms with van der Waals surface area (Å²) in [6, 6.07) is 9.93. The normalized spacial score (nSPS) is 26.3. The van der Waals surface area contributed by atoms with Crippen molar-refractivity contribution in [3.63, 3.8) is 0 Å². The second-order valence-corrected chi connectivity index (χ2v) is 5.08. The van der Waals surface area contributed by atoms with Crippen LogP contribution in [0.5, 0.6) is 0 Å². The SMILES string of the molecule is C[C@@]1(O)C=CC(=O)[C@H]1c1ccc(F)c2ccccc12. The lowest BCUT2D eigenvalue weighted by Crippen LogP contribution is -2.30. The highest BCUT2D eigenvalue weighted by molar-refractivity contribution is 6.03. The van der Waals surface area contributed by atoms with Crippen LogP contribution in [-0.2, 0) is 4.79 Å². The standard InChI is InChI=1S/C16H13FO2/c1-16(19)9-8-14(18)15(16)12-6-7-13(17)11-5-3-2-4-10(11)12/h2-9,15,19H,1H3/t15-,16-/m1/s1. The Kier molecular flexibility index (Phi) is 2.54. The Labute approximate surface area is 110 Å². The summed E-state index contributed by atoms with van der Waals surface area (Å²) in [5.41, 5.74) is -0.561. The average molecular weight is 256 g/mol. The van der Waals surface area contributed by atoms with Gasteiger partial charge in [-0.15, -0.1) is 0 Å². The van der Waals surface area contributed by atoms with Crippen LogP contribution >= 0.6 is 0 Å². The lowest BCUT2D eigenvalue weighted by Gasteiger charge is -2.25. The monoisotopic (exact) mass is 256 g/mol. The van der Waals surface area contributed by atoms with Crippen LogP contribution in [0.4, 0.5) is 4.39 Å². The highest BCUT2D eigenvalue weighted by Gasteiger charge is 2.40. The van der Waals surface area contributed by atoms with Crippen molar-refractivity contribution in [1.82, 2.24) is 0 Å². The number of fused-ring (bicyclic) bond motifs is 1. The molecule has 0 saturated heterocycles. The van der Waals surface area contributed by atoms with Crippen LogP contribution in [-0.4, -0.2) is 16.5 Å². The van der Waals surface area contributed by atoms with Crippen LogP contribution < -0.4 is 0 Å². The molecule has 2 aromatic rings. The van der Waals surface area contributed by atoms with Gasteiger partial charge < -0.3 is 5.11 Å². The maximum Gasteiger partial charge on any atom is 0.166 e. The zero-order chi connectivity index (χ0) is 13.6. The molecule has 0 saturated carbocycles. The number of allylic oxidation sites excluding steroid dienone is 1. The topological polar surface area (TPSA) is 37.3 Å². The molecule has 2 atom stereocenters. The molecule has 3 rings (SSSR count). The van der Waals surface area contributed by atoms with E-state index in [0.717, 1.165) is 0 Å². The lowest BCUT2D eigenvalue weighted by atomic mass is 9.83. The van der Waals surface area contributed by atoms with Gasteiger partial charge in [-0.2, -0.15) is 0 Å². The minimum absolute atomic E-state index is 0.151. The van der Waals surface area contributed by atoms with Crippen LogP contribution in [0, 0.1) is 5.82 Å². The summed E-state index contributed by atoms with van der Waals surface area (Å²) >= 11 is 0. The Bertz CT molecular complexity index is 701. The number of carbonyl (C=O) groups excluding carboxylic acids is 1. The summed E-state index contributed by atoms with van der Waals surface area (Å²) in [6.45, 7) is 1.59. The molecule has 96 valence electrons. The van der Waals surface area contributed by atoms with E-state index in [1.54, 1.807) is 37.3 Å². The number of rotatable bonds is 1. The van der Waals surface area contributed by atoms with E-state index in [9.17, 15) is 14.3 Å². The molecule has 2 aromatic carbocycles. The number of benzene rings is 2. The molecule has 0 bridgehead atoms. The zero-order valence-corrected chi connectivity index (χ0v) is 10.4. The van der Waals surface area contributed by atoms with Crippen LogP contribution in [0.25, 0.3) is 10.8 Å². The number of halogens is 1. The Morgan fingerprint density at radius 3 is 2.47 bits per heavy atom. The molecule has 0 radical (unpaired) electrons. The van der Waals surface area contributed by atoms with Crippen molar-refractivity contribution in [3.8, 4) is 0 Å². The number of ketones is 1. The Morgan fingerprint density at radius 2 is 1.84 bits per heavy atom. The van der Waals surface area contributed by atoms with Crippen LogP contribution in [0.3, 0.4) is 0 Å². The van der Waals surface area contributed by atoms with E-state index in [1.807, 2.05) is 0 Å². The molecule has 1 aliphatic rings. The lowest BCUT2D eigenvalue weighted by molar-refractivity contribution is -0.118. The van der Waals surface area contributed by atoms with E-state index in [2.05, 4.69) is 0 Å². The molecule has 0 fully saturated rings. The highest BCUT2D eigenvalue weighted by atomic mass is 19.1. The van der Waals surface area contributed by atoms with E-state index in [-0.39, 0.29) is 11.6 Å². The van der Waals surface area contributed by atoms with Gasteiger partial charge in [0.05, 0.1) is 11.5 Å². The smallest absolute Gasteiger partial charge is 0.166 e. The molecule has 3 heteroatoms. The summed E-state index contributed by atoms with van der Waals surface area (Å²) in [5, 5.41) is 11.4. The summed E-state index contributed by atoms with van der Waals surface area (Å²) < 4.78 is 13.8. The molecule has 0 heterocycles. The van der Waals surface area contributed by atoms with Crippen LogP contribution in [0.2, 0.25) is 0 Å². The Balaban J connectivity index is 2.27. The third kappa shape index (κ3) is 1.78. The van der Waals surface area contributed by atoms with Gasteiger partial charge in [-0.25, -0.2) is 4.39 Å². The number of hydrogen-bond acceptors (Lipinski definition) is 2. The van der Waals surface area contributed by atoms with E-state index < -0.39 is 11.5 Å². The van der Waals surface area contributed by atoms with Gasteiger partial charge in [0.1, 0.15) is 5.82 Å². The third-order valence-corrected chi connectivity index (χ3v) is 3.67. The van der Waals surface area contributed by atoms with Crippen LogP contribution in [0.15, 0.2) is 48.6 Å². The summed E-state index contributed by atoms with van der Waals surface area (Å²) in [6.07, 6.45) is 2.89. The molecular formula is C16H13FO2. The molecular weight excluding hydrogens is 243 g/mol. The summed E-state index contributed by atoms with van der Waals surface area (Å²) in [7, 11) is 0. The van der Waals surface area contributed by atoms with Crippen molar-refractivity contribution in [1.29, 1.82) is 0 Å². The molecule has 1 aliphatic carbocycles. The van der Waals surface area contributed by atoms with Gasteiger partial charge in [0.15, 0.2) is 5.78 Å². The van der Waals surface area contributed by atoms with Gasteiger partial charge in [-0.1, -0.05) is 30.3 Å². The Morgan fingerprint density at radius 1 is 1.16 bits per heavy atom. The second-order valence-electron chi connectivity index (χ2n) is 5.08. The van der Waals surface area contributed by atoms with Gasteiger partial charge >= 0.3 is 0 Å². The van der Waals surface area contributed by atoms with E-state index in [4.69, 9.17) is 0 Å². The van der Waals surface area contributed by atoms with Gasteiger partial charge in [0, 0.05) is 5.39 Å². The average Bonchev–Trinajstić information content (AvgIpc) is 2.66. The van der Waals surface area contributed by atoms with Crippen molar-refractivity contribution in [2.24, 2.45) is 0 Å². The number of carbonyl (C=O) groups is 1. The van der Waals surface area contributed by atoms with Crippen molar-refractivity contribution in [2.45, 2.75) is 18.4 Å². The van der Waals surface area contributed by atoms with Crippen molar-refractivity contribution in [3.05, 3.63) is 59.9 Å². The molecule has 1 N–H and O–H groups in total. The molecule has 0 spiro atoms. The van der Waals surface area contributed by atoms with Gasteiger partial charge in [0.25, 0.3) is 0 Å². The fraction of sp³-hybridized carbons (Fsp3) is 0.188. The van der Waals surface area contributed by atoms with Crippen LogP contribution in [0.1, 0.15) is 18.4 Å². The molecule has 19 heavy (non-hydrogen) atoms. The fourth-order valence-electron chi connectivity index (χ4n) is 2.74. The molecule has 0 unspecified atom stereocenters. The second kappa shape index (κ2) is 4.00. The van der Waals surface area contributed by atoms with Crippen molar-refractivity contribution < 1.29 is 14.3 Å². The fourth-order valence-corrected chi connectivity index (χ4v) is 2.74. The first-order valence-corrected chi connectivity index (χ1v) is 6.13. The molecule has 0 aromatic heterocycles. The number of aliphatic hydroxyl groups is 1. The molecule has 0 aliphatic heterocycles. The van der Waals surface area contributed by atoms with Gasteiger partial charge in [-0.3, -0.25) is 4.79 Å². The van der Waals surface area contributed by atoms with Gasteiger partial charge in [0.2, 0.25) is 0 Å². The van der Waals surface area contributed by atoms with E-state index in [1.165, 1.54) is 18.2 Å². The Hall–Kier alpha value is -2.00. The van der Waals surface area contributed by atoms with E-state index in [0.29, 0.717) is 16.3 Å². The predicted octanol–water partition coefficient (Wildman–Crippen LogP) is 2.95. The minimum Gasteiger partial charge on any atom is -0.385 e. The third-order valence-electron chi connectivity index (χ3n) is 3.67. The molecule has 0 amide bonds. The maximum absolute atomic E-state index is 13.8. The summed E-state index contributed by atoms with van der Waals surface area (Å²) in [4.78, 5) is 12.0. The largest absolute Gasteiger partial charge is 0.385 e. The first kappa shape index (κ1) is 12.1. The van der Waals surface area contributed by atoms with Gasteiger partial charge in [-0.05, 0) is 36.1 Å².